The van der Waals surface area contributed by atoms with E-state index in [1.807, 2.05) is 11.8 Å². The van der Waals surface area contributed by atoms with Crippen molar-refractivity contribution in [2.24, 2.45) is 0 Å². The van der Waals surface area contributed by atoms with Gasteiger partial charge in [-0.3, -0.25) is 0 Å². The van der Waals surface area contributed by atoms with E-state index in [1.165, 1.54) is 34.6 Å². The highest BCUT2D eigenvalue weighted by Crippen LogP contribution is 2.40. The Morgan fingerprint density at radius 1 is 1.39 bits per heavy atom. The van der Waals surface area contributed by atoms with Gasteiger partial charge in [0, 0.05) is 16.7 Å². The Balaban J connectivity index is 1.89. The molecule has 18 heavy (non-hydrogen) atoms. The molecule has 2 aliphatic rings. The number of nitrogens with zero attached hydrogens (tertiary/aromatic N) is 1. The van der Waals surface area contributed by atoms with E-state index in [4.69, 9.17) is 10.00 Å². The Bertz CT molecular complexity index is 488. The molecule has 1 aromatic carbocycles. The first-order chi connectivity index (χ1) is 8.84. The summed E-state index contributed by atoms with van der Waals surface area (Å²) < 4.78 is 5.42. The lowest BCUT2D eigenvalue weighted by atomic mass is 9.74. The third-order valence-corrected chi connectivity index (χ3v) is 5.20. The minimum atomic E-state index is 0.118. The minimum absolute atomic E-state index is 0.118. The van der Waals surface area contributed by atoms with Gasteiger partial charge in [-0.25, -0.2) is 0 Å². The summed E-state index contributed by atoms with van der Waals surface area (Å²) in [7, 11) is 0. The van der Waals surface area contributed by atoms with Crippen LogP contribution < -0.4 is 0 Å². The quantitative estimate of drug-likeness (QED) is 0.835. The Morgan fingerprint density at radius 3 is 3.00 bits per heavy atom. The number of fused-ring (bicyclic) bond motifs is 1. The molecule has 2 heterocycles. The van der Waals surface area contributed by atoms with E-state index in [-0.39, 0.29) is 5.41 Å². The number of nitriles is 1. The van der Waals surface area contributed by atoms with Crippen molar-refractivity contribution in [2.45, 2.75) is 36.0 Å². The van der Waals surface area contributed by atoms with Crippen LogP contribution in [0.15, 0.2) is 23.1 Å². The van der Waals surface area contributed by atoms with Crippen LogP contribution in [0.4, 0.5) is 0 Å². The number of hydrogen-bond acceptors (Lipinski definition) is 3. The second kappa shape index (κ2) is 4.95. The van der Waals surface area contributed by atoms with Crippen molar-refractivity contribution in [2.75, 3.05) is 19.0 Å². The van der Waals surface area contributed by atoms with Crippen molar-refractivity contribution in [3.63, 3.8) is 0 Å². The maximum atomic E-state index is 8.79. The Morgan fingerprint density at radius 2 is 2.28 bits per heavy atom. The zero-order valence-corrected chi connectivity index (χ0v) is 11.3. The SMILES string of the molecule is N#CCCC1(c2ccc3c(c2)CCCS3)COC1. The summed E-state index contributed by atoms with van der Waals surface area (Å²) >= 11 is 1.97. The summed E-state index contributed by atoms with van der Waals surface area (Å²) in [5.74, 6) is 1.25. The van der Waals surface area contributed by atoms with E-state index in [0.717, 1.165) is 19.6 Å². The molecule has 0 aliphatic carbocycles. The summed E-state index contributed by atoms with van der Waals surface area (Å²) in [5.41, 5.74) is 2.99. The first-order valence-electron chi connectivity index (χ1n) is 6.55. The van der Waals surface area contributed by atoms with Gasteiger partial charge in [0.1, 0.15) is 0 Å². The molecule has 3 rings (SSSR count). The zero-order valence-electron chi connectivity index (χ0n) is 10.4. The highest BCUT2D eigenvalue weighted by atomic mass is 32.2. The molecule has 0 radical (unpaired) electrons. The molecule has 1 fully saturated rings. The number of aryl methyl sites for hydroxylation is 1. The predicted octanol–water partition coefficient (Wildman–Crippen LogP) is 3.30. The van der Waals surface area contributed by atoms with Crippen molar-refractivity contribution in [1.82, 2.24) is 0 Å². The van der Waals surface area contributed by atoms with Crippen LogP contribution in [0.1, 0.15) is 30.4 Å². The van der Waals surface area contributed by atoms with Gasteiger partial charge in [-0.1, -0.05) is 12.1 Å². The molecule has 3 heteroatoms. The third kappa shape index (κ3) is 2.04. The molecule has 0 amide bonds. The van der Waals surface area contributed by atoms with Crippen LogP contribution >= 0.6 is 11.8 Å². The largest absolute Gasteiger partial charge is 0.379 e. The average molecular weight is 259 g/mol. The van der Waals surface area contributed by atoms with Gasteiger partial charge in [0.2, 0.25) is 0 Å². The fraction of sp³-hybridized carbons (Fsp3) is 0.533. The van der Waals surface area contributed by atoms with E-state index in [9.17, 15) is 0 Å². The fourth-order valence-corrected chi connectivity index (χ4v) is 3.81. The molecule has 0 atom stereocenters. The summed E-state index contributed by atoms with van der Waals surface area (Å²) in [6.45, 7) is 1.56. The predicted molar refractivity (Wildman–Crippen MR) is 72.8 cm³/mol. The molecule has 94 valence electrons. The van der Waals surface area contributed by atoms with Gasteiger partial charge in [-0.15, -0.1) is 11.8 Å². The molecule has 0 aromatic heterocycles. The van der Waals surface area contributed by atoms with Crippen LogP contribution in [0.2, 0.25) is 0 Å². The Kier molecular flexibility index (Phi) is 3.32. The van der Waals surface area contributed by atoms with Crippen molar-refractivity contribution in [3.05, 3.63) is 29.3 Å². The maximum Gasteiger partial charge on any atom is 0.0622 e. The summed E-state index contributed by atoms with van der Waals surface area (Å²) in [4.78, 5) is 1.45. The van der Waals surface area contributed by atoms with Gasteiger partial charge < -0.3 is 4.74 Å². The second-order valence-electron chi connectivity index (χ2n) is 5.21. The van der Waals surface area contributed by atoms with Gasteiger partial charge in [0.15, 0.2) is 0 Å². The molecular weight excluding hydrogens is 242 g/mol. The Labute approximate surface area is 112 Å². The lowest BCUT2D eigenvalue weighted by Crippen LogP contribution is -2.46. The van der Waals surface area contributed by atoms with Gasteiger partial charge in [0.05, 0.1) is 19.3 Å². The molecule has 0 N–H and O–H groups in total. The van der Waals surface area contributed by atoms with Crippen LogP contribution in [-0.4, -0.2) is 19.0 Å². The topological polar surface area (TPSA) is 33.0 Å². The molecular formula is C15H17NOS. The molecule has 0 spiro atoms. The minimum Gasteiger partial charge on any atom is -0.379 e. The van der Waals surface area contributed by atoms with E-state index in [1.54, 1.807) is 0 Å². The van der Waals surface area contributed by atoms with E-state index in [0.29, 0.717) is 6.42 Å². The molecule has 2 aliphatic heterocycles. The molecule has 0 saturated carbocycles. The molecule has 1 saturated heterocycles. The number of thioether (sulfide) groups is 1. The van der Waals surface area contributed by atoms with Crippen molar-refractivity contribution >= 4 is 11.8 Å². The normalized spacial score (nSPS) is 20.6. The van der Waals surface area contributed by atoms with Crippen LogP contribution in [0.25, 0.3) is 0 Å². The first-order valence-corrected chi connectivity index (χ1v) is 7.54. The highest BCUT2D eigenvalue weighted by molar-refractivity contribution is 7.99. The standard InChI is InChI=1S/C15H17NOS/c16-7-2-6-15(10-17-11-15)13-4-5-14-12(9-13)3-1-8-18-14/h4-5,9H,1-3,6,8,10-11H2. The van der Waals surface area contributed by atoms with Gasteiger partial charge in [-0.05, 0) is 42.2 Å². The van der Waals surface area contributed by atoms with Crippen LogP contribution in [0, 0.1) is 11.3 Å². The van der Waals surface area contributed by atoms with Gasteiger partial charge in [-0.2, -0.15) is 5.26 Å². The lowest BCUT2D eigenvalue weighted by molar-refractivity contribution is -0.0637. The maximum absolute atomic E-state index is 8.79. The van der Waals surface area contributed by atoms with E-state index in [2.05, 4.69) is 24.3 Å². The van der Waals surface area contributed by atoms with E-state index < -0.39 is 0 Å². The number of benzene rings is 1. The number of ether oxygens (including phenoxy) is 1. The summed E-state index contributed by atoms with van der Waals surface area (Å²) in [6.07, 6.45) is 4.03. The van der Waals surface area contributed by atoms with Crippen LogP contribution in [0.3, 0.4) is 0 Å². The van der Waals surface area contributed by atoms with E-state index >= 15 is 0 Å². The van der Waals surface area contributed by atoms with Gasteiger partial charge >= 0.3 is 0 Å². The number of hydrogen-bond donors (Lipinski definition) is 0. The lowest BCUT2D eigenvalue weighted by Gasteiger charge is -2.42. The van der Waals surface area contributed by atoms with Crippen molar-refractivity contribution < 1.29 is 4.74 Å². The smallest absolute Gasteiger partial charge is 0.0622 e. The van der Waals surface area contributed by atoms with Crippen LogP contribution in [0.5, 0.6) is 0 Å². The second-order valence-corrected chi connectivity index (χ2v) is 6.34. The van der Waals surface area contributed by atoms with Crippen molar-refractivity contribution in [3.8, 4) is 6.07 Å². The highest BCUT2D eigenvalue weighted by Gasteiger charge is 2.40. The fourth-order valence-electron chi connectivity index (χ4n) is 2.79. The monoisotopic (exact) mass is 259 g/mol. The molecule has 0 unspecified atom stereocenters. The Hall–Kier alpha value is -0.980. The van der Waals surface area contributed by atoms with Gasteiger partial charge in [0.25, 0.3) is 0 Å². The molecule has 0 bridgehead atoms. The molecule has 1 aromatic rings. The van der Waals surface area contributed by atoms with Crippen LogP contribution in [-0.2, 0) is 16.6 Å². The molecule has 2 nitrogen and oxygen atoms in total. The summed E-state index contributed by atoms with van der Waals surface area (Å²) in [5, 5.41) is 8.79. The zero-order chi connectivity index (χ0) is 12.4. The van der Waals surface area contributed by atoms with Crippen molar-refractivity contribution in [1.29, 1.82) is 5.26 Å². The summed E-state index contributed by atoms with van der Waals surface area (Å²) in [6, 6.07) is 9.14. The average Bonchev–Trinajstić information content (AvgIpc) is 2.37. The number of rotatable bonds is 3. The third-order valence-electron chi connectivity index (χ3n) is 3.99. The first kappa shape index (κ1) is 12.1.